The lowest BCUT2D eigenvalue weighted by molar-refractivity contribution is -0.106. The Kier molecular flexibility index (Phi) is 6.41. The van der Waals surface area contributed by atoms with Crippen LogP contribution in [0.2, 0.25) is 0 Å². The standard InChI is InChI=1S/C25H35NO3/c1-19(17-29-18-20-8-11-23(28-2)12-9-20)24-6-4-14-25(24)13-3-5-22-10-7-21(16-27)15-26(22)25/h7-9,11-12,16,19,22,24H,3-6,10,13-15,17-18H2,1-2H3/t19-,22+,24+,25+/m0/s1. The molecular formula is C25H35NO3. The number of carbonyl (C=O) groups is 1. The number of benzene rings is 1. The van der Waals surface area contributed by atoms with Crippen LogP contribution in [0.1, 0.15) is 57.4 Å². The predicted octanol–water partition coefficient (Wildman–Crippen LogP) is 4.77. The molecule has 0 bridgehead atoms. The van der Waals surface area contributed by atoms with Gasteiger partial charge in [0.05, 0.1) is 13.7 Å². The number of piperidine rings is 1. The van der Waals surface area contributed by atoms with Gasteiger partial charge in [0.25, 0.3) is 0 Å². The minimum absolute atomic E-state index is 0.272. The van der Waals surface area contributed by atoms with Crippen molar-refractivity contribution in [3.63, 3.8) is 0 Å². The van der Waals surface area contributed by atoms with Crippen molar-refractivity contribution in [2.45, 2.75) is 70.1 Å². The molecule has 0 aromatic heterocycles. The molecular weight excluding hydrogens is 362 g/mol. The van der Waals surface area contributed by atoms with Crippen LogP contribution in [0.5, 0.6) is 5.75 Å². The normalized spacial score (nSPS) is 30.6. The van der Waals surface area contributed by atoms with Crippen LogP contribution >= 0.6 is 0 Å². The topological polar surface area (TPSA) is 38.8 Å². The third-order valence-corrected chi connectivity index (χ3v) is 7.63. The summed E-state index contributed by atoms with van der Waals surface area (Å²) in [5.74, 6) is 2.07. The first-order valence-corrected chi connectivity index (χ1v) is 11.3. The molecule has 1 aromatic rings. The smallest absolute Gasteiger partial charge is 0.147 e. The summed E-state index contributed by atoms with van der Waals surface area (Å²) in [4.78, 5) is 14.2. The summed E-state index contributed by atoms with van der Waals surface area (Å²) in [6, 6.07) is 8.76. The number of carbonyl (C=O) groups excluding carboxylic acids is 1. The second-order valence-corrected chi connectivity index (χ2v) is 9.25. The van der Waals surface area contributed by atoms with Crippen molar-refractivity contribution in [2.24, 2.45) is 11.8 Å². The van der Waals surface area contributed by atoms with Gasteiger partial charge in [-0.3, -0.25) is 9.69 Å². The van der Waals surface area contributed by atoms with Crippen molar-refractivity contribution in [3.05, 3.63) is 41.5 Å². The fourth-order valence-corrected chi connectivity index (χ4v) is 6.24. The van der Waals surface area contributed by atoms with E-state index >= 15 is 0 Å². The molecule has 4 heteroatoms. The lowest BCUT2D eigenvalue weighted by atomic mass is 9.70. The van der Waals surface area contributed by atoms with E-state index in [1.165, 1.54) is 44.1 Å². The molecule has 1 aromatic carbocycles. The molecule has 0 amide bonds. The van der Waals surface area contributed by atoms with Gasteiger partial charge in [0.15, 0.2) is 0 Å². The number of ether oxygens (including phenoxy) is 2. The Hall–Kier alpha value is -1.65. The van der Waals surface area contributed by atoms with E-state index in [-0.39, 0.29) is 5.54 Å². The molecule has 0 N–H and O–H groups in total. The molecule has 2 heterocycles. The zero-order valence-corrected chi connectivity index (χ0v) is 17.9. The van der Waals surface area contributed by atoms with Gasteiger partial charge in [-0.05, 0) is 61.6 Å². The summed E-state index contributed by atoms with van der Waals surface area (Å²) in [6.07, 6.45) is 12.0. The maximum atomic E-state index is 11.4. The van der Waals surface area contributed by atoms with Crippen molar-refractivity contribution in [1.29, 1.82) is 0 Å². The molecule has 2 aliphatic heterocycles. The average molecular weight is 398 g/mol. The molecule has 4 rings (SSSR count). The summed E-state index contributed by atoms with van der Waals surface area (Å²) < 4.78 is 11.4. The first-order valence-electron chi connectivity index (χ1n) is 11.3. The highest BCUT2D eigenvalue weighted by Gasteiger charge is 2.52. The molecule has 2 fully saturated rings. The molecule has 1 aliphatic carbocycles. The lowest BCUT2D eigenvalue weighted by Crippen LogP contribution is -2.61. The van der Waals surface area contributed by atoms with Gasteiger partial charge >= 0.3 is 0 Å². The molecule has 0 unspecified atom stereocenters. The van der Waals surface area contributed by atoms with Crippen LogP contribution in [0, 0.1) is 11.8 Å². The molecule has 0 radical (unpaired) electrons. The second-order valence-electron chi connectivity index (χ2n) is 9.25. The van der Waals surface area contributed by atoms with Gasteiger partial charge in [-0.15, -0.1) is 0 Å². The molecule has 1 saturated carbocycles. The highest BCUT2D eigenvalue weighted by atomic mass is 16.5. The Balaban J connectivity index is 1.40. The summed E-state index contributed by atoms with van der Waals surface area (Å²) in [7, 11) is 1.69. The Morgan fingerprint density at radius 1 is 1.21 bits per heavy atom. The second kappa shape index (κ2) is 9.01. The van der Waals surface area contributed by atoms with Crippen LogP contribution < -0.4 is 4.74 Å². The summed E-state index contributed by atoms with van der Waals surface area (Å²) >= 11 is 0. The van der Waals surface area contributed by atoms with Crippen LogP contribution in [0.3, 0.4) is 0 Å². The molecule has 4 atom stereocenters. The summed E-state index contributed by atoms with van der Waals surface area (Å²) in [6.45, 7) is 4.67. The number of nitrogens with zero attached hydrogens (tertiary/aromatic N) is 1. The molecule has 3 aliphatic rings. The lowest BCUT2D eigenvalue weighted by Gasteiger charge is -2.55. The number of methoxy groups -OCH3 is 1. The minimum Gasteiger partial charge on any atom is -0.497 e. The van der Waals surface area contributed by atoms with Gasteiger partial charge in [-0.1, -0.05) is 38.0 Å². The van der Waals surface area contributed by atoms with Crippen molar-refractivity contribution >= 4 is 6.29 Å². The van der Waals surface area contributed by atoms with Crippen LogP contribution in [-0.2, 0) is 16.1 Å². The van der Waals surface area contributed by atoms with Gasteiger partial charge in [-0.25, -0.2) is 0 Å². The van der Waals surface area contributed by atoms with Crippen molar-refractivity contribution < 1.29 is 14.3 Å². The molecule has 29 heavy (non-hydrogen) atoms. The van der Waals surface area contributed by atoms with Crippen molar-refractivity contribution in [3.8, 4) is 5.75 Å². The Morgan fingerprint density at radius 3 is 2.69 bits per heavy atom. The first kappa shape index (κ1) is 20.6. The highest BCUT2D eigenvalue weighted by Crippen LogP contribution is 2.52. The number of aldehydes is 1. The maximum absolute atomic E-state index is 11.4. The quantitative estimate of drug-likeness (QED) is 0.621. The van der Waals surface area contributed by atoms with Crippen LogP contribution in [0.4, 0.5) is 0 Å². The predicted molar refractivity (Wildman–Crippen MR) is 115 cm³/mol. The van der Waals surface area contributed by atoms with Gasteiger partial charge in [-0.2, -0.15) is 0 Å². The van der Waals surface area contributed by atoms with Crippen molar-refractivity contribution in [1.82, 2.24) is 4.90 Å². The van der Waals surface area contributed by atoms with Gasteiger partial charge in [0.2, 0.25) is 0 Å². The minimum atomic E-state index is 0.272. The largest absolute Gasteiger partial charge is 0.497 e. The van der Waals surface area contributed by atoms with E-state index < -0.39 is 0 Å². The van der Waals surface area contributed by atoms with Crippen LogP contribution in [0.15, 0.2) is 35.9 Å². The molecule has 1 spiro atoms. The molecule has 1 saturated heterocycles. The number of hydrogen-bond acceptors (Lipinski definition) is 4. The molecule has 158 valence electrons. The molecule has 4 nitrogen and oxygen atoms in total. The van der Waals surface area contributed by atoms with E-state index in [1.54, 1.807) is 7.11 Å². The van der Waals surface area contributed by atoms with Crippen LogP contribution in [-0.4, -0.2) is 43.0 Å². The summed E-state index contributed by atoms with van der Waals surface area (Å²) in [5, 5.41) is 0. The Morgan fingerprint density at radius 2 is 1.97 bits per heavy atom. The first-order chi connectivity index (χ1) is 14.2. The fourth-order valence-electron chi connectivity index (χ4n) is 6.24. The van der Waals surface area contributed by atoms with Crippen molar-refractivity contribution in [2.75, 3.05) is 20.3 Å². The Labute approximate surface area is 175 Å². The van der Waals surface area contributed by atoms with E-state index in [1.807, 2.05) is 12.1 Å². The number of rotatable bonds is 7. The van der Waals surface area contributed by atoms with E-state index in [4.69, 9.17) is 9.47 Å². The third-order valence-electron chi connectivity index (χ3n) is 7.63. The monoisotopic (exact) mass is 397 g/mol. The number of fused-ring (bicyclic) bond motifs is 2. The maximum Gasteiger partial charge on any atom is 0.147 e. The van der Waals surface area contributed by atoms with E-state index in [0.717, 1.165) is 37.2 Å². The van der Waals surface area contributed by atoms with Crippen LogP contribution in [0.25, 0.3) is 0 Å². The van der Waals surface area contributed by atoms with Gasteiger partial charge < -0.3 is 9.47 Å². The van der Waals surface area contributed by atoms with E-state index in [0.29, 0.717) is 24.5 Å². The Bertz CT molecular complexity index is 728. The van der Waals surface area contributed by atoms with E-state index in [2.05, 4.69) is 30.0 Å². The summed E-state index contributed by atoms with van der Waals surface area (Å²) in [5.41, 5.74) is 2.44. The highest BCUT2D eigenvalue weighted by molar-refractivity contribution is 5.74. The fraction of sp³-hybridized carbons (Fsp3) is 0.640. The third kappa shape index (κ3) is 4.15. The van der Waals surface area contributed by atoms with Gasteiger partial charge in [0, 0.05) is 30.3 Å². The van der Waals surface area contributed by atoms with E-state index in [9.17, 15) is 4.79 Å². The zero-order valence-electron chi connectivity index (χ0n) is 17.9. The zero-order chi connectivity index (χ0) is 20.3. The average Bonchev–Trinajstić information content (AvgIpc) is 3.18. The SMILES string of the molecule is COc1ccc(COC[C@H](C)[C@H]2CCC[C@]23CCC[C@@H]2CC=C(C=O)CN23)cc1. The van der Waals surface area contributed by atoms with Gasteiger partial charge in [0.1, 0.15) is 12.0 Å². The number of hydrogen-bond donors (Lipinski definition) is 0.